The SMILES string of the molecule is CCOc1ccc(S(=O)(=O)Nc2ccc(N3CCNCC3)c(C(=O)NCCOC)c2)cc1.O=C(O)C(F)(F)F. The Kier molecular flexibility index (Phi) is 11.8. The number of nitrogens with one attached hydrogen (secondary N) is 3. The molecule has 0 aliphatic carbocycles. The summed E-state index contributed by atoms with van der Waals surface area (Å²) in [5.74, 6) is -2.44. The van der Waals surface area contributed by atoms with Crippen LogP contribution in [0.4, 0.5) is 24.5 Å². The summed E-state index contributed by atoms with van der Waals surface area (Å²) in [5.41, 5.74) is 1.50. The Bertz CT molecular complexity index is 1200. The van der Waals surface area contributed by atoms with Crippen LogP contribution in [0.5, 0.6) is 5.75 Å². The van der Waals surface area contributed by atoms with Gasteiger partial charge in [-0.15, -0.1) is 0 Å². The summed E-state index contributed by atoms with van der Waals surface area (Å²) in [6.45, 7) is 6.26. The van der Waals surface area contributed by atoms with Gasteiger partial charge in [-0.05, 0) is 49.4 Å². The van der Waals surface area contributed by atoms with E-state index >= 15 is 0 Å². The molecule has 2 aromatic carbocycles. The molecule has 15 heteroatoms. The number of hydrogen-bond donors (Lipinski definition) is 4. The van der Waals surface area contributed by atoms with Gasteiger partial charge in [0.1, 0.15) is 5.75 Å². The molecule has 0 aromatic heterocycles. The number of sulfonamides is 1. The van der Waals surface area contributed by atoms with Crippen molar-refractivity contribution in [2.45, 2.75) is 18.0 Å². The zero-order valence-corrected chi connectivity index (χ0v) is 22.2. The van der Waals surface area contributed by atoms with Crippen molar-refractivity contribution < 1.29 is 45.8 Å². The van der Waals surface area contributed by atoms with Crippen LogP contribution in [-0.4, -0.2) is 84.6 Å². The summed E-state index contributed by atoms with van der Waals surface area (Å²) in [6, 6.07) is 11.2. The number of aliphatic carboxylic acids is 1. The van der Waals surface area contributed by atoms with Gasteiger partial charge < -0.3 is 30.1 Å². The van der Waals surface area contributed by atoms with Gasteiger partial charge in [0.25, 0.3) is 15.9 Å². The number of piperazine rings is 1. The van der Waals surface area contributed by atoms with Gasteiger partial charge in [0.2, 0.25) is 0 Å². The second-order valence-corrected chi connectivity index (χ2v) is 9.71. The first-order valence-corrected chi connectivity index (χ1v) is 13.3. The van der Waals surface area contributed by atoms with Crippen LogP contribution in [0.1, 0.15) is 17.3 Å². The molecule has 0 bridgehead atoms. The van der Waals surface area contributed by atoms with E-state index in [0.717, 1.165) is 31.9 Å². The summed E-state index contributed by atoms with van der Waals surface area (Å²) in [5, 5.41) is 13.2. The second kappa shape index (κ2) is 14.6. The first-order chi connectivity index (χ1) is 18.4. The number of amides is 1. The Hall–Kier alpha value is -3.56. The van der Waals surface area contributed by atoms with E-state index in [1.54, 1.807) is 37.4 Å². The van der Waals surface area contributed by atoms with E-state index in [1.165, 1.54) is 12.1 Å². The highest BCUT2D eigenvalue weighted by molar-refractivity contribution is 7.92. The minimum Gasteiger partial charge on any atom is -0.494 e. The van der Waals surface area contributed by atoms with E-state index in [4.69, 9.17) is 19.4 Å². The maximum Gasteiger partial charge on any atom is 0.490 e. The molecular formula is C24H31F3N4O7S. The number of anilines is 2. The van der Waals surface area contributed by atoms with Gasteiger partial charge in [0.05, 0.1) is 23.7 Å². The van der Waals surface area contributed by atoms with Crippen molar-refractivity contribution in [2.75, 3.05) is 62.7 Å². The second-order valence-electron chi connectivity index (χ2n) is 8.03. The van der Waals surface area contributed by atoms with Crippen LogP contribution in [0.15, 0.2) is 47.4 Å². The number of nitrogens with zero attached hydrogens (tertiary/aromatic N) is 1. The number of benzene rings is 2. The predicted molar refractivity (Wildman–Crippen MR) is 138 cm³/mol. The van der Waals surface area contributed by atoms with Gasteiger partial charge in [-0.25, -0.2) is 13.2 Å². The number of rotatable bonds is 10. The molecule has 0 unspecified atom stereocenters. The fraction of sp³-hybridized carbons (Fsp3) is 0.417. The Balaban J connectivity index is 0.000000673. The normalized spacial score (nSPS) is 13.6. The molecule has 0 saturated carbocycles. The van der Waals surface area contributed by atoms with Gasteiger partial charge in [-0.1, -0.05) is 0 Å². The molecule has 1 aliphatic rings. The Morgan fingerprint density at radius 3 is 2.26 bits per heavy atom. The van der Waals surface area contributed by atoms with Crippen LogP contribution in [-0.2, 0) is 19.6 Å². The van der Waals surface area contributed by atoms with E-state index in [9.17, 15) is 26.4 Å². The van der Waals surface area contributed by atoms with E-state index in [0.29, 0.717) is 36.8 Å². The molecular weight excluding hydrogens is 545 g/mol. The zero-order chi connectivity index (χ0) is 29.1. The summed E-state index contributed by atoms with van der Waals surface area (Å²) in [6.07, 6.45) is -5.08. The number of carbonyl (C=O) groups is 2. The highest BCUT2D eigenvalue weighted by Gasteiger charge is 2.38. The van der Waals surface area contributed by atoms with E-state index in [-0.39, 0.29) is 10.8 Å². The summed E-state index contributed by atoms with van der Waals surface area (Å²) >= 11 is 0. The van der Waals surface area contributed by atoms with Crippen molar-refractivity contribution in [3.63, 3.8) is 0 Å². The molecule has 1 fully saturated rings. The summed E-state index contributed by atoms with van der Waals surface area (Å²) in [7, 11) is -2.26. The fourth-order valence-electron chi connectivity index (χ4n) is 3.42. The van der Waals surface area contributed by atoms with Gasteiger partial charge in [-0.2, -0.15) is 13.2 Å². The van der Waals surface area contributed by atoms with E-state index in [2.05, 4.69) is 20.3 Å². The van der Waals surface area contributed by atoms with Gasteiger partial charge in [0.15, 0.2) is 0 Å². The van der Waals surface area contributed by atoms with Crippen LogP contribution in [0.2, 0.25) is 0 Å². The largest absolute Gasteiger partial charge is 0.494 e. The number of carboxylic acids is 1. The topological polar surface area (TPSA) is 146 Å². The monoisotopic (exact) mass is 576 g/mol. The predicted octanol–water partition coefficient (Wildman–Crippen LogP) is 2.31. The van der Waals surface area contributed by atoms with Crippen LogP contribution in [0, 0.1) is 0 Å². The third-order valence-electron chi connectivity index (χ3n) is 5.23. The molecule has 1 saturated heterocycles. The molecule has 11 nitrogen and oxygen atoms in total. The van der Waals surface area contributed by atoms with Crippen LogP contribution in [0.25, 0.3) is 0 Å². The van der Waals surface area contributed by atoms with Gasteiger partial charge in [0, 0.05) is 51.2 Å². The molecule has 3 rings (SSSR count). The molecule has 39 heavy (non-hydrogen) atoms. The average Bonchev–Trinajstić information content (AvgIpc) is 2.89. The third kappa shape index (κ3) is 9.92. The maximum absolute atomic E-state index is 12.9. The highest BCUT2D eigenvalue weighted by atomic mass is 32.2. The lowest BCUT2D eigenvalue weighted by molar-refractivity contribution is -0.192. The Morgan fingerprint density at radius 1 is 1.10 bits per heavy atom. The Labute approximate surface area is 224 Å². The highest BCUT2D eigenvalue weighted by Crippen LogP contribution is 2.27. The van der Waals surface area contributed by atoms with Crippen LogP contribution in [0.3, 0.4) is 0 Å². The average molecular weight is 577 g/mol. The lowest BCUT2D eigenvalue weighted by atomic mass is 10.1. The van der Waals surface area contributed by atoms with Crippen LogP contribution < -0.4 is 25.0 Å². The standard InChI is InChI=1S/C22H30N4O5S.C2HF3O2/c1-3-31-18-5-7-19(8-6-18)32(28,29)25-17-4-9-21(26-13-10-23-11-14-26)20(16-17)22(27)24-12-15-30-2;3-2(4,5)1(6)7/h4-9,16,23,25H,3,10-15H2,1-2H3,(H,24,27);(H,6,7). The van der Waals surface area contributed by atoms with Crippen molar-refractivity contribution in [1.82, 2.24) is 10.6 Å². The van der Waals surface area contributed by atoms with Crippen molar-refractivity contribution >= 4 is 33.3 Å². The quantitative estimate of drug-likeness (QED) is 0.313. The number of halogens is 3. The first kappa shape index (κ1) is 31.7. The summed E-state index contributed by atoms with van der Waals surface area (Å²) < 4.78 is 70.4. The third-order valence-corrected chi connectivity index (χ3v) is 6.63. The molecule has 1 heterocycles. The van der Waals surface area contributed by atoms with E-state index < -0.39 is 22.2 Å². The van der Waals surface area contributed by atoms with Crippen molar-refractivity contribution in [2.24, 2.45) is 0 Å². The number of ether oxygens (including phenoxy) is 2. The zero-order valence-electron chi connectivity index (χ0n) is 21.4. The van der Waals surface area contributed by atoms with Crippen molar-refractivity contribution in [1.29, 1.82) is 0 Å². The Morgan fingerprint density at radius 2 is 1.72 bits per heavy atom. The minimum absolute atomic E-state index is 0.109. The smallest absolute Gasteiger partial charge is 0.490 e. The van der Waals surface area contributed by atoms with Gasteiger partial charge in [-0.3, -0.25) is 9.52 Å². The fourth-order valence-corrected chi connectivity index (χ4v) is 4.47. The summed E-state index contributed by atoms with van der Waals surface area (Å²) in [4.78, 5) is 24.0. The van der Waals surface area contributed by atoms with Crippen LogP contribution >= 0.6 is 0 Å². The molecule has 0 radical (unpaired) electrons. The van der Waals surface area contributed by atoms with Crippen molar-refractivity contribution in [3.05, 3.63) is 48.0 Å². The lowest BCUT2D eigenvalue weighted by Gasteiger charge is -2.31. The van der Waals surface area contributed by atoms with Gasteiger partial charge >= 0.3 is 12.1 Å². The molecule has 0 atom stereocenters. The molecule has 4 N–H and O–H groups in total. The lowest BCUT2D eigenvalue weighted by Crippen LogP contribution is -2.44. The number of hydrogen-bond acceptors (Lipinski definition) is 8. The number of carboxylic acid groups (broad SMARTS) is 1. The maximum atomic E-state index is 12.9. The first-order valence-electron chi connectivity index (χ1n) is 11.8. The number of methoxy groups -OCH3 is 1. The molecule has 1 aliphatic heterocycles. The molecule has 1 amide bonds. The molecule has 216 valence electrons. The number of alkyl halides is 3. The molecule has 2 aromatic rings. The number of carbonyl (C=O) groups excluding carboxylic acids is 1. The minimum atomic E-state index is -5.08. The van der Waals surface area contributed by atoms with E-state index in [1.807, 2.05) is 6.92 Å². The van der Waals surface area contributed by atoms with Crippen molar-refractivity contribution in [3.8, 4) is 5.75 Å². The molecule has 0 spiro atoms.